The summed E-state index contributed by atoms with van der Waals surface area (Å²) in [5.41, 5.74) is 3.91. The molecule has 26 heavy (non-hydrogen) atoms. The van der Waals surface area contributed by atoms with Crippen molar-refractivity contribution in [2.45, 2.75) is 13.5 Å². The molecule has 3 rings (SSSR count). The fraction of sp³-hybridized carbons (Fsp3) is 0.300. The Morgan fingerprint density at radius 2 is 1.96 bits per heavy atom. The van der Waals surface area contributed by atoms with E-state index >= 15 is 0 Å². The number of alkyl halides is 1. The number of aromatic nitrogens is 2. The van der Waals surface area contributed by atoms with E-state index in [4.69, 9.17) is 21.1 Å². The molecular weight excluding hydrogens is 350 g/mol. The van der Waals surface area contributed by atoms with Gasteiger partial charge >= 0.3 is 0 Å². The van der Waals surface area contributed by atoms with Crippen LogP contribution in [0.1, 0.15) is 11.3 Å². The Balaban J connectivity index is 1.61. The summed E-state index contributed by atoms with van der Waals surface area (Å²) in [6.07, 6.45) is 3.60. The molecule has 0 amide bonds. The van der Waals surface area contributed by atoms with Crippen LogP contribution in [0.2, 0.25) is 0 Å². The predicted octanol–water partition coefficient (Wildman–Crippen LogP) is 4.18. The molecule has 0 aliphatic carbocycles. The second-order valence-corrected chi connectivity index (χ2v) is 6.18. The Morgan fingerprint density at radius 1 is 1.08 bits per heavy atom. The van der Waals surface area contributed by atoms with Crippen LogP contribution >= 0.6 is 11.6 Å². The Bertz CT molecular complexity index is 857. The van der Waals surface area contributed by atoms with E-state index in [1.165, 1.54) is 0 Å². The smallest absolute Gasteiger partial charge is 0.125 e. The minimum atomic E-state index is 0.489. The van der Waals surface area contributed by atoms with E-state index in [0.717, 1.165) is 33.6 Å². The summed E-state index contributed by atoms with van der Waals surface area (Å²) in [5, 5.41) is 4.49. The Labute approximate surface area is 158 Å². The van der Waals surface area contributed by atoms with Gasteiger partial charge < -0.3 is 14.8 Å². The van der Waals surface area contributed by atoms with Gasteiger partial charge in [0, 0.05) is 23.0 Å². The summed E-state index contributed by atoms with van der Waals surface area (Å²) in [4.78, 5) is 8.93. The molecule has 0 fully saturated rings. The number of nitrogens with zero attached hydrogens (tertiary/aromatic N) is 2. The lowest BCUT2D eigenvalue weighted by molar-refractivity contribution is 0.111. The third kappa shape index (κ3) is 4.84. The van der Waals surface area contributed by atoms with Crippen molar-refractivity contribution in [3.63, 3.8) is 0 Å². The second kappa shape index (κ2) is 9.36. The summed E-state index contributed by atoms with van der Waals surface area (Å²) >= 11 is 5.58. The summed E-state index contributed by atoms with van der Waals surface area (Å²) < 4.78 is 11.1. The molecule has 1 N–H and O–H groups in total. The second-order valence-electron chi connectivity index (χ2n) is 5.80. The number of halogens is 1. The third-order valence-electron chi connectivity index (χ3n) is 4.02. The molecular formula is C20H22ClN3O2. The first-order valence-corrected chi connectivity index (χ1v) is 9.11. The maximum absolute atomic E-state index is 5.79. The summed E-state index contributed by atoms with van der Waals surface area (Å²) in [5.74, 6) is 1.32. The molecule has 2 aromatic heterocycles. The van der Waals surface area contributed by atoms with Gasteiger partial charge in [0.15, 0.2) is 0 Å². The standard InChI is InChI=1S/C20H22ClN3O2/c1-15-19(22-8-6-20(15)26-11-10-25-9-7-21)14-23-17-12-16-4-2-3-5-18(16)24-13-17/h2-6,8,12-13,23H,7,9-11,14H2,1H3. The van der Waals surface area contributed by atoms with E-state index in [1.807, 2.05) is 37.4 Å². The zero-order chi connectivity index (χ0) is 18.2. The fourth-order valence-electron chi connectivity index (χ4n) is 2.61. The first kappa shape index (κ1) is 18.4. The van der Waals surface area contributed by atoms with Gasteiger partial charge in [0.2, 0.25) is 0 Å². The maximum Gasteiger partial charge on any atom is 0.125 e. The van der Waals surface area contributed by atoms with E-state index in [1.54, 1.807) is 6.20 Å². The molecule has 6 heteroatoms. The van der Waals surface area contributed by atoms with Gasteiger partial charge in [-0.05, 0) is 25.1 Å². The molecule has 0 radical (unpaired) electrons. The molecule has 0 atom stereocenters. The molecule has 0 aliphatic rings. The normalized spacial score (nSPS) is 10.8. The van der Waals surface area contributed by atoms with Gasteiger partial charge in [-0.3, -0.25) is 9.97 Å². The third-order valence-corrected chi connectivity index (χ3v) is 4.17. The Kier molecular flexibility index (Phi) is 6.63. The van der Waals surface area contributed by atoms with Gasteiger partial charge in [0.05, 0.1) is 42.9 Å². The molecule has 1 aromatic carbocycles. The SMILES string of the molecule is Cc1c(OCCOCCCl)ccnc1CNc1cnc2ccccc2c1. The van der Waals surface area contributed by atoms with Crippen LogP contribution in [0, 0.1) is 6.92 Å². The minimum Gasteiger partial charge on any atom is -0.491 e. The summed E-state index contributed by atoms with van der Waals surface area (Å²) in [6, 6.07) is 12.0. The highest BCUT2D eigenvalue weighted by Crippen LogP contribution is 2.21. The van der Waals surface area contributed by atoms with Gasteiger partial charge in [0.1, 0.15) is 12.4 Å². The number of anilines is 1. The maximum atomic E-state index is 5.79. The monoisotopic (exact) mass is 371 g/mol. The van der Waals surface area contributed by atoms with Crippen LogP contribution in [-0.2, 0) is 11.3 Å². The van der Waals surface area contributed by atoms with Crippen molar-refractivity contribution in [1.29, 1.82) is 0 Å². The Morgan fingerprint density at radius 3 is 2.85 bits per heavy atom. The van der Waals surface area contributed by atoms with Crippen LogP contribution in [0.3, 0.4) is 0 Å². The van der Waals surface area contributed by atoms with Crippen molar-refractivity contribution in [1.82, 2.24) is 9.97 Å². The molecule has 0 saturated heterocycles. The number of para-hydroxylation sites is 1. The summed E-state index contributed by atoms with van der Waals surface area (Å²) in [6.45, 7) is 4.16. The lowest BCUT2D eigenvalue weighted by Gasteiger charge is -2.13. The number of hydrogen-bond donors (Lipinski definition) is 1. The van der Waals surface area contributed by atoms with Crippen molar-refractivity contribution in [2.24, 2.45) is 0 Å². The van der Waals surface area contributed by atoms with Crippen LogP contribution < -0.4 is 10.1 Å². The molecule has 5 nitrogen and oxygen atoms in total. The molecule has 0 saturated carbocycles. The van der Waals surface area contributed by atoms with Crippen molar-refractivity contribution in [3.05, 3.63) is 60.0 Å². The molecule has 0 bridgehead atoms. The number of rotatable bonds is 9. The highest BCUT2D eigenvalue weighted by Gasteiger charge is 2.07. The molecule has 3 aromatic rings. The van der Waals surface area contributed by atoms with E-state index in [9.17, 15) is 0 Å². The molecule has 0 aliphatic heterocycles. The molecule has 2 heterocycles. The largest absolute Gasteiger partial charge is 0.491 e. The number of nitrogens with one attached hydrogen (secondary N) is 1. The highest BCUT2D eigenvalue weighted by molar-refractivity contribution is 6.17. The summed E-state index contributed by atoms with van der Waals surface area (Å²) in [7, 11) is 0. The average molecular weight is 372 g/mol. The van der Waals surface area contributed by atoms with Gasteiger partial charge in [0.25, 0.3) is 0 Å². The fourth-order valence-corrected chi connectivity index (χ4v) is 2.72. The molecule has 0 spiro atoms. The molecule has 136 valence electrons. The highest BCUT2D eigenvalue weighted by atomic mass is 35.5. The van der Waals surface area contributed by atoms with Crippen LogP contribution in [-0.4, -0.2) is 35.7 Å². The lowest BCUT2D eigenvalue weighted by atomic mass is 10.2. The van der Waals surface area contributed by atoms with Gasteiger partial charge in [-0.1, -0.05) is 18.2 Å². The first-order chi connectivity index (χ1) is 12.8. The number of ether oxygens (including phenoxy) is 2. The van der Waals surface area contributed by atoms with Gasteiger partial charge in [-0.2, -0.15) is 0 Å². The zero-order valence-electron chi connectivity index (χ0n) is 14.7. The van der Waals surface area contributed by atoms with Crippen molar-refractivity contribution >= 4 is 28.2 Å². The quantitative estimate of drug-likeness (QED) is 0.451. The number of hydrogen-bond acceptors (Lipinski definition) is 5. The number of fused-ring (bicyclic) bond motifs is 1. The molecule has 0 unspecified atom stereocenters. The zero-order valence-corrected chi connectivity index (χ0v) is 15.5. The van der Waals surface area contributed by atoms with Crippen LogP contribution in [0.5, 0.6) is 5.75 Å². The van der Waals surface area contributed by atoms with Crippen molar-refractivity contribution in [3.8, 4) is 5.75 Å². The van der Waals surface area contributed by atoms with Gasteiger partial charge in [-0.25, -0.2) is 0 Å². The Hall–Kier alpha value is -2.37. The number of pyridine rings is 2. The van der Waals surface area contributed by atoms with E-state index < -0.39 is 0 Å². The number of benzene rings is 1. The predicted molar refractivity (Wildman–Crippen MR) is 105 cm³/mol. The van der Waals surface area contributed by atoms with E-state index in [0.29, 0.717) is 32.2 Å². The average Bonchev–Trinajstić information content (AvgIpc) is 2.68. The van der Waals surface area contributed by atoms with Crippen LogP contribution in [0.25, 0.3) is 10.9 Å². The minimum absolute atomic E-state index is 0.489. The lowest BCUT2D eigenvalue weighted by Crippen LogP contribution is -2.10. The van der Waals surface area contributed by atoms with Crippen molar-refractivity contribution < 1.29 is 9.47 Å². The van der Waals surface area contributed by atoms with E-state index in [-0.39, 0.29) is 0 Å². The van der Waals surface area contributed by atoms with Crippen LogP contribution in [0.4, 0.5) is 5.69 Å². The van der Waals surface area contributed by atoms with E-state index in [2.05, 4.69) is 27.4 Å². The van der Waals surface area contributed by atoms with Crippen LogP contribution in [0.15, 0.2) is 48.8 Å². The first-order valence-electron chi connectivity index (χ1n) is 8.57. The van der Waals surface area contributed by atoms with Gasteiger partial charge in [-0.15, -0.1) is 11.6 Å². The topological polar surface area (TPSA) is 56.3 Å². The van der Waals surface area contributed by atoms with Crippen molar-refractivity contribution in [2.75, 3.05) is 31.0 Å².